The van der Waals surface area contributed by atoms with Crippen LogP contribution in [0.1, 0.15) is 94.1 Å². The van der Waals surface area contributed by atoms with Crippen molar-refractivity contribution in [3.05, 3.63) is 54.1 Å². The second kappa shape index (κ2) is 16.7. The van der Waals surface area contributed by atoms with Gasteiger partial charge in [0.1, 0.15) is 22.6 Å². The Balaban J connectivity index is 1.98. The molecule has 1 fully saturated rings. The summed E-state index contributed by atoms with van der Waals surface area (Å²) >= 11 is 0. The Morgan fingerprint density at radius 3 is 2.04 bits per heavy atom. The van der Waals surface area contributed by atoms with Crippen LogP contribution < -0.4 is 0 Å². The van der Waals surface area contributed by atoms with Crippen LogP contribution in [0.25, 0.3) is 11.1 Å². The van der Waals surface area contributed by atoms with Crippen molar-refractivity contribution in [2.24, 2.45) is 0 Å². The first-order chi connectivity index (χ1) is 23.2. The van der Waals surface area contributed by atoms with Crippen LogP contribution in [0.2, 0.25) is 0 Å². The highest BCUT2D eigenvalue weighted by Crippen LogP contribution is 2.52. The van der Waals surface area contributed by atoms with Crippen LogP contribution in [0.4, 0.5) is 14.0 Å². The second-order valence-corrected chi connectivity index (χ2v) is 17.4. The number of hydrogen-bond acceptors (Lipinski definition) is 10. The minimum absolute atomic E-state index is 0.0567. The van der Waals surface area contributed by atoms with Crippen molar-refractivity contribution in [1.82, 2.24) is 14.8 Å². The Hall–Kier alpha value is -3.47. The Labute approximate surface area is 297 Å². The van der Waals surface area contributed by atoms with Crippen molar-refractivity contribution >= 4 is 26.0 Å². The molecule has 1 saturated heterocycles. The van der Waals surface area contributed by atoms with Gasteiger partial charge in [-0.25, -0.2) is 23.7 Å². The molecule has 2 unspecified atom stereocenters. The maximum Gasteiger partial charge on any atom is 0.419 e. The van der Waals surface area contributed by atoms with E-state index in [-0.39, 0.29) is 38.7 Å². The smallest absolute Gasteiger partial charge is 0.419 e. The van der Waals surface area contributed by atoms with Gasteiger partial charge in [0.2, 0.25) is 0 Å². The molecule has 50 heavy (non-hydrogen) atoms. The summed E-state index contributed by atoms with van der Waals surface area (Å²) in [7, 11) is -2.19. The lowest BCUT2D eigenvalue weighted by Crippen LogP contribution is -2.61. The molecular weight excluding hydrogens is 664 g/mol. The molecule has 3 rings (SSSR count). The van der Waals surface area contributed by atoms with Gasteiger partial charge in [-0.05, 0) is 123 Å². The summed E-state index contributed by atoms with van der Waals surface area (Å²) in [5.74, 6) is -1.03. The van der Waals surface area contributed by atoms with Gasteiger partial charge in [-0.3, -0.25) is 9.88 Å². The molecule has 1 aromatic carbocycles. The Kier molecular flexibility index (Phi) is 13.7. The molecule has 0 radical (unpaired) electrons. The average Bonchev–Trinajstić information content (AvgIpc) is 2.98. The maximum absolute atomic E-state index is 14.5. The minimum atomic E-state index is -2.19. The number of nitrogens with zero attached hydrogens (tertiary/aromatic N) is 3. The summed E-state index contributed by atoms with van der Waals surface area (Å²) in [4.78, 5) is 47.5. The molecule has 0 N–H and O–H groups in total. The number of benzene rings is 1. The third-order valence-electron chi connectivity index (χ3n) is 7.71. The zero-order valence-corrected chi connectivity index (χ0v) is 32.1. The number of amides is 2. The lowest BCUT2D eigenvalue weighted by Gasteiger charge is -2.42. The summed E-state index contributed by atoms with van der Waals surface area (Å²) in [6, 6.07) is 8.16. The number of rotatable bonds is 11. The van der Waals surface area contributed by atoms with E-state index >= 15 is 0 Å². The molecule has 0 saturated carbocycles. The van der Waals surface area contributed by atoms with Gasteiger partial charge in [0.25, 0.3) is 5.16 Å². The van der Waals surface area contributed by atoms with Crippen molar-refractivity contribution in [3.8, 4) is 11.1 Å². The third kappa shape index (κ3) is 11.3. The van der Waals surface area contributed by atoms with Gasteiger partial charge in [0, 0.05) is 45.1 Å². The Morgan fingerprint density at radius 2 is 1.50 bits per heavy atom. The molecule has 2 aromatic rings. The number of unbranched alkanes of at least 4 members (excludes halogenated alkanes) is 1. The summed E-state index contributed by atoms with van der Waals surface area (Å²) in [5, 5.41) is -1.57. The van der Waals surface area contributed by atoms with Crippen LogP contribution in [-0.4, -0.2) is 87.0 Å². The van der Waals surface area contributed by atoms with Crippen molar-refractivity contribution < 1.29 is 42.3 Å². The van der Waals surface area contributed by atoms with E-state index in [2.05, 4.69) is 4.98 Å². The highest BCUT2D eigenvalue weighted by molar-refractivity contribution is 7.48. The second-order valence-electron chi connectivity index (χ2n) is 15.4. The molecule has 1 aliphatic heterocycles. The molecular formula is C37H54FN3O8P+. The van der Waals surface area contributed by atoms with Crippen molar-refractivity contribution in [1.29, 1.82) is 0 Å². The fourth-order valence-corrected chi connectivity index (χ4v) is 7.68. The lowest BCUT2D eigenvalue weighted by atomic mass is 9.95. The fourth-order valence-electron chi connectivity index (χ4n) is 5.70. The fraction of sp³-hybridized carbons (Fsp3) is 0.622. The van der Waals surface area contributed by atoms with Crippen LogP contribution in [0.5, 0.6) is 0 Å². The van der Waals surface area contributed by atoms with E-state index < -0.39 is 60.0 Å². The van der Waals surface area contributed by atoms with Gasteiger partial charge < -0.3 is 18.9 Å². The molecule has 0 bridgehead atoms. The zero-order chi connectivity index (χ0) is 37.5. The largest absolute Gasteiger partial charge is 0.456 e. The standard InChI is InChI=1S/C37H54FN3O8P/c1-11-46-30-37(31(42)47-34(2,3)4,18-12-13-21-41(32(43)48-35(5,6)7)33(44)49-36(8,9)10)50(45)23-22-40(30)25-27-14-15-28(38)24-29(27)26-16-19-39-20-17-26/h14-17,19-20,24,30H,11-13,18,21-23,25H2,1-10H3/q+1/t30?,37-/m0/s1. The zero-order valence-electron chi connectivity index (χ0n) is 31.2. The number of halogens is 1. The number of carbonyl (C=O) groups is 3. The van der Waals surface area contributed by atoms with Crippen LogP contribution in [0.15, 0.2) is 42.7 Å². The monoisotopic (exact) mass is 718 g/mol. The molecule has 0 aliphatic carbocycles. The first kappa shape index (κ1) is 41.0. The van der Waals surface area contributed by atoms with Crippen molar-refractivity contribution in [3.63, 3.8) is 0 Å². The Morgan fingerprint density at radius 1 is 0.920 bits per heavy atom. The van der Waals surface area contributed by atoms with Crippen LogP contribution in [0, 0.1) is 5.82 Å². The number of aromatic nitrogens is 1. The molecule has 11 nitrogen and oxygen atoms in total. The predicted molar refractivity (Wildman–Crippen MR) is 190 cm³/mol. The summed E-state index contributed by atoms with van der Waals surface area (Å²) in [5.41, 5.74) is -0.339. The highest BCUT2D eigenvalue weighted by Gasteiger charge is 2.67. The van der Waals surface area contributed by atoms with E-state index in [1.54, 1.807) is 99.8 Å². The van der Waals surface area contributed by atoms with E-state index in [0.29, 0.717) is 18.5 Å². The number of carbonyl (C=O) groups excluding carboxylic acids is 3. The number of pyridine rings is 1. The molecule has 276 valence electrons. The first-order valence-corrected chi connectivity index (χ1v) is 18.6. The molecule has 1 aromatic heterocycles. The Bertz CT molecular complexity index is 1470. The van der Waals surface area contributed by atoms with E-state index in [9.17, 15) is 23.3 Å². The number of imide groups is 1. The third-order valence-corrected chi connectivity index (χ3v) is 9.83. The number of hydrogen-bond donors (Lipinski definition) is 0. The topological polar surface area (TPSA) is 125 Å². The summed E-state index contributed by atoms with van der Waals surface area (Å²) < 4.78 is 52.0. The van der Waals surface area contributed by atoms with Gasteiger partial charge in [0.15, 0.2) is 12.4 Å². The average molecular weight is 719 g/mol. The minimum Gasteiger partial charge on any atom is -0.456 e. The van der Waals surface area contributed by atoms with Gasteiger partial charge in [-0.1, -0.05) is 10.6 Å². The van der Waals surface area contributed by atoms with Gasteiger partial charge in [-0.15, -0.1) is 0 Å². The van der Waals surface area contributed by atoms with Crippen LogP contribution in [-0.2, 0) is 34.9 Å². The summed E-state index contributed by atoms with van der Waals surface area (Å²) in [6.45, 7) is 18.1. The number of ether oxygens (including phenoxy) is 4. The SMILES string of the molecule is CCOC1N(Cc2ccc(F)cc2-c2ccncc2)CC[P+](=O)[C@]1(CCCCN(C(=O)OC(C)(C)C)C(=O)OC(C)(C)C)C(=O)OC(C)(C)C. The van der Waals surface area contributed by atoms with Gasteiger partial charge in [-0.2, -0.15) is 0 Å². The van der Waals surface area contributed by atoms with Crippen molar-refractivity contribution in [2.45, 2.75) is 123 Å². The molecule has 2 heterocycles. The quantitative estimate of drug-likeness (QED) is 0.0970. The van der Waals surface area contributed by atoms with Crippen molar-refractivity contribution in [2.75, 3.05) is 25.9 Å². The van der Waals surface area contributed by atoms with Crippen LogP contribution >= 0.6 is 7.80 Å². The van der Waals surface area contributed by atoms with E-state index in [1.165, 1.54) is 12.1 Å². The molecule has 0 spiro atoms. The van der Waals surface area contributed by atoms with Gasteiger partial charge >= 0.3 is 26.0 Å². The lowest BCUT2D eigenvalue weighted by molar-refractivity contribution is -0.172. The normalized spacial score (nSPS) is 19.5. The van der Waals surface area contributed by atoms with E-state index in [0.717, 1.165) is 16.0 Å². The van der Waals surface area contributed by atoms with E-state index in [4.69, 9.17) is 18.9 Å². The maximum atomic E-state index is 14.5. The predicted octanol–water partition coefficient (Wildman–Crippen LogP) is 8.32. The highest BCUT2D eigenvalue weighted by atomic mass is 31.1. The summed E-state index contributed by atoms with van der Waals surface area (Å²) in [6.07, 6.45) is 1.48. The number of esters is 1. The molecule has 1 aliphatic rings. The molecule has 3 atom stereocenters. The van der Waals surface area contributed by atoms with E-state index in [1.807, 2.05) is 4.90 Å². The molecule has 2 amide bonds. The molecule has 13 heteroatoms. The van der Waals surface area contributed by atoms with Crippen LogP contribution in [0.3, 0.4) is 0 Å². The first-order valence-electron chi connectivity index (χ1n) is 17.1. The van der Waals surface area contributed by atoms with Gasteiger partial charge in [0.05, 0.1) is 0 Å².